The van der Waals surface area contributed by atoms with E-state index in [4.69, 9.17) is 9.15 Å². The predicted octanol–water partition coefficient (Wildman–Crippen LogP) is 9.57. The van der Waals surface area contributed by atoms with Gasteiger partial charge in [0.2, 0.25) is 11.2 Å². The molecule has 3 heterocycles. The molecular weight excluding hydrogens is 825 g/mol. The van der Waals surface area contributed by atoms with E-state index in [9.17, 15) is 40.5 Å². The maximum Gasteiger partial charge on any atom is 0.238 e. The van der Waals surface area contributed by atoms with E-state index in [1.807, 2.05) is 26.0 Å². The maximum absolute atomic E-state index is 14.9. The fraction of sp³-hybridized carbons (Fsp3) is 0.340. The highest BCUT2D eigenvalue weighted by atomic mass is 33.1. The van der Waals surface area contributed by atoms with E-state index in [2.05, 4.69) is 24.3 Å². The SMILES string of the molecule is CC(C)Cc1cc(-c2oc3cc(O)c4c(c3c(=O)c2O)OC2CC3c5c-4cc4c6c(ccc(c56)C(SSCCCC2O)C3O)C=CC4CCO)cc(Cc2cccc(O)c2)c1O. The van der Waals surface area contributed by atoms with Gasteiger partial charge in [-0.3, -0.25) is 4.79 Å². The van der Waals surface area contributed by atoms with Gasteiger partial charge < -0.3 is 44.9 Å². The number of phenols is 3. The molecule has 12 heteroatoms. The van der Waals surface area contributed by atoms with Crippen LogP contribution in [0.1, 0.15) is 95.6 Å². The zero-order valence-electron chi connectivity index (χ0n) is 34.3. The second kappa shape index (κ2) is 15.9. The molecule has 0 saturated carbocycles. The number of hydrogen-bond donors (Lipinski definition) is 7. The van der Waals surface area contributed by atoms with Gasteiger partial charge in [-0.05, 0) is 124 Å². The quantitative estimate of drug-likeness (QED) is 0.0757. The van der Waals surface area contributed by atoms with Gasteiger partial charge in [0, 0.05) is 42.2 Å². The molecule has 1 aromatic heterocycles. The van der Waals surface area contributed by atoms with Crippen molar-refractivity contribution in [2.45, 2.75) is 87.8 Å². The lowest BCUT2D eigenvalue weighted by Crippen LogP contribution is -2.39. The number of allylic oxidation sites excluding steroid dienone is 1. The van der Waals surface area contributed by atoms with E-state index >= 15 is 0 Å². The third-order valence-corrected chi connectivity index (χ3v) is 15.9. The average molecular weight is 873 g/mol. The number of rotatable bonds is 7. The van der Waals surface area contributed by atoms with Crippen molar-refractivity contribution in [1.29, 1.82) is 0 Å². The summed E-state index contributed by atoms with van der Waals surface area (Å²) in [6.07, 6.45) is 3.87. The lowest BCUT2D eigenvalue weighted by molar-refractivity contribution is 0.00975. The number of aliphatic hydroxyl groups excluding tert-OH is 3. The first kappa shape index (κ1) is 40.9. The summed E-state index contributed by atoms with van der Waals surface area (Å²) in [4.78, 5) is 14.9. The minimum Gasteiger partial charge on any atom is -0.508 e. The minimum absolute atomic E-state index is 0.0327. The molecule has 5 aromatic carbocycles. The number of hydrogen-bond acceptors (Lipinski definition) is 12. The van der Waals surface area contributed by atoms with Crippen LogP contribution in [0.2, 0.25) is 0 Å². The van der Waals surface area contributed by atoms with E-state index in [-0.39, 0.29) is 81.8 Å². The second-order valence-electron chi connectivity index (χ2n) is 17.6. The Morgan fingerprint density at radius 3 is 2.52 bits per heavy atom. The molecule has 1 fully saturated rings. The Balaban J connectivity index is 1.25. The van der Waals surface area contributed by atoms with Crippen molar-refractivity contribution >= 4 is 49.4 Å². The number of aliphatic hydroxyl groups is 3. The molecule has 10 nitrogen and oxygen atoms in total. The van der Waals surface area contributed by atoms with Gasteiger partial charge in [-0.2, -0.15) is 0 Å². The summed E-state index contributed by atoms with van der Waals surface area (Å²) >= 11 is 0. The first-order valence-electron chi connectivity index (χ1n) is 21.3. The zero-order chi connectivity index (χ0) is 43.1. The molecule has 6 atom stereocenters. The van der Waals surface area contributed by atoms with Gasteiger partial charge in [0.25, 0.3) is 0 Å². The van der Waals surface area contributed by atoms with Crippen LogP contribution in [-0.2, 0) is 12.8 Å². The Bertz CT molecular complexity index is 2880. The van der Waals surface area contributed by atoms with Crippen LogP contribution in [0.5, 0.6) is 28.7 Å². The van der Waals surface area contributed by atoms with Crippen LogP contribution in [0.25, 0.3) is 50.3 Å². The molecule has 0 spiro atoms. The zero-order valence-corrected chi connectivity index (χ0v) is 35.9. The Kier molecular flexibility index (Phi) is 10.5. The third kappa shape index (κ3) is 6.73. The molecule has 3 bridgehead atoms. The van der Waals surface area contributed by atoms with Gasteiger partial charge in [0.1, 0.15) is 40.1 Å². The summed E-state index contributed by atoms with van der Waals surface area (Å²) in [7, 11) is 3.31. The van der Waals surface area contributed by atoms with Crippen molar-refractivity contribution in [3.63, 3.8) is 0 Å². The van der Waals surface area contributed by atoms with Gasteiger partial charge in [0.05, 0.1) is 23.0 Å². The smallest absolute Gasteiger partial charge is 0.238 e. The van der Waals surface area contributed by atoms with Crippen molar-refractivity contribution in [2.75, 3.05) is 12.4 Å². The summed E-state index contributed by atoms with van der Waals surface area (Å²) in [5, 5.41) is 82.0. The second-order valence-corrected chi connectivity index (χ2v) is 20.2. The summed E-state index contributed by atoms with van der Waals surface area (Å²) in [5.41, 5.74) is 5.79. The van der Waals surface area contributed by atoms with E-state index < -0.39 is 35.4 Å². The summed E-state index contributed by atoms with van der Waals surface area (Å²) in [5.74, 6) is -0.784. The van der Waals surface area contributed by atoms with Crippen LogP contribution in [0.15, 0.2) is 76.0 Å². The number of aromatic hydroxyl groups is 4. The number of fused-ring (bicyclic) bond motifs is 7. The molecule has 0 radical (unpaired) electrons. The molecule has 2 aliphatic carbocycles. The van der Waals surface area contributed by atoms with Crippen molar-refractivity contribution in [1.82, 2.24) is 0 Å². The van der Waals surface area contributed by atoms with Crippen LogP contribution < -0.4 is 10.2 Å². The predicted molar refractivity (Wildman–Crippen MR) is 245 cm³/mol. The van der Waals surface area contributed by atoms with Crippen molar-refractivity contribution in [2.24, 2.45) is 5.92 Å². The van der Waals surface area contributed by atoms with Gasteiger partial charge >= 0.3 is 0 Å². The van der Waals surface area contributed by atoms with Crippen LogP contribution >= 0.6 is 21.6 Å². The highest BCUT2D eigenvalue weighted by Gasteiger charge is 2.45. The standard InChI is InChI=1S/C50H48O10S2/c1-23(2)15-27-18-29(19-28(44(27)55)16-24-5-3-6-30(52)17-24)48-47(58)46(57)43-38(60-48)22-36(54)41-33-20-32-25(12-13-51)8-9-26-10-11-31-42(39(26)32)40(33)34-21-37(59-49(41)43)35(53)7-4-14-61-62-50(31)45(34)56/h3,5-6,8-11,17-20,22-23,25,34-35,37,45,50-56,58H,4,7,12-16,21H2,1-2H3. The fourth-order valence-corrected chi connectivity index (χ4v) is 13.2. The number of ether oxygens (including phenoxy) is 1. The molecule has 62 heavy (non-hydrogen) atoms. The third-order valence-electron chi connectivity index (χ3n) is 13.1. The number of phenolic OH excluding ortho intramolecular Hbond substituents is 3. The Morgan fingerprint density at radius 2 is 1.73 bits per heavy atom. The Hall–Kier alpha value is -5.11. The largest absolute Gasteiger partial charge is 0.508 e. The molecule has 0 amide bonds. The first-order chi connectivity index (χ1) is 29.9. The lowest BCUT2D eigenvalue weighted by Gasteiger charge is -2.42. The van der Waals surface area contributed by atoms with Gasteiger partial charge in [-0.25, -0.2) is 0 Å². The van der Waals surface area contributed by atoms with Gasteiger partial charge in [-0.15, -0.1) is 0 Å². The molecule has 1 saturated heterocycles. The maximum atomic E-state index is 14.9. The normalized spacial score (nSPS) is 22.7. The summed E-state index contributed by atoms with van der Waals surface area (Å²) in [6, 6.07) is 17.6. The van der Waals surface area contributed by atoms with E-state index in [0.717, 1.165) is 44.3 Å². The Morgan fingerprint density at radius 1 is 0.903 bits per heavy atom. The van der Waals surface area contributed by atoms with Crippen LogP contribution in [0.4, 0.5) is 0 Å². The van der Waals surface area contributed by atoms with Gasteiger partial charge in [0.15, 0.2) is 5.76 Å². The monoisotopic (exact) mass is 872 g/mol. The van der Waals surface area contributed by atoms with Crippen molar-refractivity contribution < 1.29 is 44.9 Å². The van der Waals surface area contributed by atoms with Crippen molar-refractivity contribution in [3.8, 4) is 51.2 Å². The van der Waals surface area contributed by atoms with E-state index in [0.29, 0.717) is 47.9 Å². The molecule has 320 valence electrons. The van der Waals surface area contributed by atoms with Crippen LogP contribution in [-0.4, -0.2) is 66.4 Å². The molecular formula is C50H48O10S2. The molecule has 6 aromatic rings. The van der Waals surface area contributed by atoms with Crippen molar-refractivity contribution in [3.05, 3.63) is 116 Å². The van der Waals surface area contributed by atoms with Crippen LogP contribution in [0, 0.1) is 5.92 Å². The molecule has 4 aliphatic rings. The molecule has 6 unspecified atom stereocenters. The van der Waals surface area contributed by atoms with Crippen LogP contribution in [0.3, 0.4) is 0 Å². The Labute approximate surface area is 365 Å². The molecule has 2 aliphatic heterocycles. The summed E-state index contributed by atoms with van der Waals surface area (Å²) < 4.78 is 13.3. The summed E-state index contributed by atoms with van der Waals surface area (Å²) in [6.45, 7) is 3.99. The first-order valence-corrected chi connectivity index (χ1v) is 23.7. The highest BCUT2D eigenvalue weighted by Crippen LogP contribution is 2.60. The average Bonchev–Trinajstić information content (AvgIpc) is 3.24. The highest BCUT2D eigenvalue weighted by molar-refractivity contribution is 8.76. The molecule has 7 N–H and O–H groups in total. The molecule has 10 rings (SSSR count). The fourth-order valence-electron chi connectivity index (χ4n) is 10.3. The van der Waals surface area contributed by atoms with E-state index in [1.165, 1.54) is 6.07 Å². The van der Waals surface area contributed by atoms with E-state index in [1.54, 1.807) is 51.9 Å². The topological polar surface area (TPSA) is 181 Å². The lowest BCUT2D eigenvalue weighted by atomic mass is 9.69. The van der Waals surface area contributed by atoms with Gasteiger partial charge in [-0.1, -0.05) is 71.9 Å². The number of benzene rings is 5. The minimum atomic E-state index is -0.990.